The third-order valence-corrected chi connectivity index (χ3v) is 12.1. The molecule has 1 saturated carbocycles. The molecule has 0 spiro atoms. The van der Waals surface area contributed by atoms with E-state index in [1.165, 1.54) is 77.0 Å². The molecule has 0 aromatic heterocycles. The van der Waals surface area contributed by atoms with Crippen LogP contribution in [0.15, 0.2) is 26.8 Å². The van der Waals surface area contributed by atoms with Crippen LogP contribution >= 0.6 is 95.6 Å². The first-order valence-electron chi connectivity index (χ1n) is 8.63. The minimum Gasteiger partial charge on any atom is -0.0533 e. The molecule has 0 amide bonds. The van der Waals surface area contributed by atoms with Crippen LogP contribution < -0.4 is 0 Å². The normalized spacial score (nSPS) is 17.2. The Kier molecular flexibility index (Phi) is 14.2. The average Bonchev–Trinajstić information content (AvgIpc) is 2.58. The number of hydrogen-bond acceptors (Lipinski definition) is 0. The predicted octanol–water partition coefficient (Wildman–Crippen LogP) is 10.9. The average molecular weight is 720 g/mol. The van der Waals surface area contributed by atoms with Crippen LogP contribution in [0.3, 0.4) is 0 Å². The van der Waals surface area contributed by atoms with Gasteiger partial charge in [0.05, 0.1) is 0 Å². The smallest absolute Gasteiger partial charge is 0.0483 e. The monoisotopic (exact) mass is 714 g/mol. The molecule has 6 heteroatoms. The van der Waals surface area contributed by atoms with Crippen LogP contribution in [0, 0.1) is 0 Å². The molecule has 1 fully saturated rings. The van der Waals surface area contributed by atoms with E-state index in [4.69, 9.17) is 0 Å². The fourth-order valence-corrected chi connectivity index (χ4v) is 6.67. The fourth-order valence-electron chi connectivity index (χ4n) is 2.70. The van der Waals surface area contributed by atoms with E-state index in [2.05, 4.69) is 95.6 Å². The molecule has 0 aliphatic heterocycles. The number of hydrogen-bond donors (Lipinski definition) is 0. The van der Waals surface area contributed by atoms with E-state index < -0.39 is 0 Å². The van der Waals surface area contributed by atoms with Gasteiger partial charge in [-0.2, -0.15) is 0 Å². The summed E-state index contributed by atoms with van der Waals surface area (Å²) in [6, 6.07) is 0. The van der Waals surface area contributed by atoms with Crippen LogP contribution in [0.1, 0.15) is 77.0 Å². The van der Waals surface area contributed by atoms with E-state index in [1.54, 1.807) is 0 Å². The van der Waals surface area contributed by atoms with Gasteiger partial charge in [0.1, 0.15) is 0 Å². The molecule has 0 atom stereocenters. The van der Waals surface area contributed by atoms with Gasteiger partial charge in [0, 0.05) is 26.8 Å². The summed E-state index contributed by atoms with van der Waals surface area (Å²) in [6.45, 7) is 0. The van der Waals surface area contributed by atoms with Crippen molar-refractivity contribution in [2.75, 3.05) is 0 Å². The summed E-state index contributed by atoms with van der Waals surface area (Å²) < 4.78 is 5.86. The topological polar surface area (TPSA) is 0 Å². The largest absolute Gasteiger partial charge is 0.0533 e. The molecule has 0 bridgehead atoms. The van der Waals surface area contributed by atoms with Gasteiger partial charge in [-0.25, -0.2) is 0 Å². The summed E-state index contributed by atoms with van der Waals surface area (Å²) in [5.41, 5.74) is 0. The van der Waals surface area contributed by atoms with Gasteiger partial charge in [-0.3, -0.25) is 0 Å². The maximum absolute atomic E-state index is 3.44. The van der Waals surface area contributed by atoms with Gasteiger partial charge < -0.3 is 0 Å². The number of rotatable bonds is 0. The standard InChI is InChI=1S/C12H24.C6Br6/c1-2-4-6-8-10-12-11-9-7-5-3-1;7-1-2(8)4(10)6(12)5(11)3(1)9/h1-12H2;. The SMILES string of the molecule is Brc1c(Br)c(Br)c(Br)c(Br)c1Br.C1CCCCCCCCCCC1. The second-order valence-corrected chi connectivity index (χ2v) is 10.9. The molecular weight excluding hydrogens is 696 g/mol. The summed E-state index contributed by atoms with van der Waals surface area (Å²) >= 11 is 20.6. The molecule has 0 saturated heterocycles. The highest BCUT2D eigenvalue weighted by Gasteiger charge is 2.15. The first-order valence-corrected chi connectivity index (χ1v) is 13.4. The van der Waals surface area contributed by atoms with Crippen LogP contribution in [0.5, 0.6) is 0 Å². The highest BCUT2D eigenvalue weighted by atomic mass is 79.9. The molecule has 0 radical (unpaired) electrons. The van der Waals surface area contributed by atoms with E-state index in [9.17, 15) is 0 Å². The Morgan fingerprint density at radius 2 is 0.333 bits per heavy atom. The van der Waals surface area contributed by atoms with Gasteiger partial charge in [-0.05, 0) is 95.6 Å². The van der Waals surface area contributed by atoms with Crippen molar-refractivity contribution in [3.05, 3.63) is 26.8 Å². The first-order chi connectivity index (χ1) is 11.5. The molecule has 2 rings (SSSR count). The van der Waals surface area contributed by atoms with E-state index in [0.29, 0.717) is 0 Å². The molecule has 0 unspecified atom stereocenters. The Labute approximate surface area is 197 Å². The van der Waals surface area contributed by atoms with Crippen molar-refractivity contribution in [2.24, 2.45) is 0 Å². The number of halogens is 6. The first kappa shape index (κ1) is 24.1. The van der Waals surface area contributed by atoms with E-state index in [-0.39, 0.29) is 0 Å². The Hall–Kier alpha value is 2.10. The molecule has 1 aliphatic carbocycles. The lowest BCUT2D eigenvalue weighted by molar-refractivity contribution is 0.504. The van der Waals surface area contributed by atoms with Gasteiger partial charge in [0.2, 0.25) is 0 Å². The Bertz CT molecular complexity index is 353. The van der Waals surface area contributed by atoms with Crippen LogP contribution in [-0.2, 0) is 0 Å². The summed E-state index contributed by atoms with van der Waals surface area (Å²) in [7, 11) is 0. The fraction of sp³-hybridized carbons (Fsp3) is 0.667. The minimum atomic E-state index is 0.976. The van der Waals surface area contributed by atoms with Gasteiger partial charge in [-0.1, -0.05) is 77.0 Å². The molecule has 1 aromatic rings. The summed E-state index contributed by atoms with van der Waals surface area (Å²) in [5.74, 6) is 0. The Morgan fingerprint density at radius 3 is 0.417 bits per heavy atom. The minimum absolute atomic E-state index is 0.976. The zero-order valence-corrected chi connectivity index (χ0v) is 23.3. The highest BCUT2D eigenvalue weighted by molar-refractivity contribution is 9.16. The van der Waals surface area contributed by atoms with Crippen molar-refractivity contribution in [1.82, 2.24) is 0 Å². The van der Waals surface area contributed by atoms with Gasteiger partial charge in [-0.15, -0.1) is 0 Å². The van der Waals surface area contributed by atoms with Crippen molar-refractivity contribution in [3.63, 3.8) is 0 Å². The highest BCUT2D eigenvalue weighted by Crippen LogP contribution is 2.46. The molecule has 1 aromatic carbocycles. The molecule has 1 aliphatic rings. The molecule has 0 N–H and O–H groups in total. The zero-order chi connectivity index (χ0) is 17.9. The van der Waals surface area contributed by atoms with E-state index in [0.717, 1.165) is 26.8 Å². The van der Waals surface area contributed by atoms with Gasteiger partial charge in [0.15, 0.2) is 0 Å². The lowest BCUT2D eigenvalue weighted by Gasteiger charge is -2.08. The lowest BCUT2D eigenvalue weighted by Crippen LogP contribution is -1.85. The maximum Gasteiger partial charge on any atom is 0.0483 e. The van der Waals surface area contributed by atoms with Crippen molar-refractivity contribution in [1.29, 1.82) is 0 Å². The van der Waals surface area contributed by atoms with Gasteiger partial charge >= 0.3 is 0 Å². The molecule has 0 nitrogen and oxygen atoms in total. The molecule has 138 valence electrons. The third-order valence-electron chi connectivity index (χ3n) is 4.16. The van der Waals surface area contributed by atoms with Crippen LogP contribution in [0.4, 0.5) is 0 Å². The molecule has 24 heavy (non-hydrogen) atoms. The van der Waals surface area contributed by atoms with Gasteiger partial charge in [0.25, 0.3) is 0 Å². The van der Waals surface area contributed by atoms with Crippen molar-refractivity contribution >= 4 is 95.6 Å². The van der Waals surface area contributed by atoms with Crippen molar-refractivity contribution in [3.8, 4) is 0 Å². The predicted molar refractivity (Wildman–Crippen MR) is 128 cm³/mol. The third kappa shape index (κ3) is 8.86. The summed E-state index contributed by atoms with van der Waals surface area (Å²) in [4.78, 5) is 0. The number of benzene rings is 1. The van der Waals surface area contributed by atoms with Crippen LogP contribution in [0.2, 0.25) is 0 Å². The van der Waals surface area contributed by atoms with E-state index in [1.807, 2.05) is 0 Å². The summed E-state index contributed by atoms with van der Waals surface area (Å²) in [6.07, 6.45) is 18.0. The Morgan fingerprint density at radius 1 is 0.250 bits per heavy atom. The van der Waals surface area contributed by atoms with Crippen LogP contribution in [-0.4, -0.2) is 0 Å². The maximum atomic E-state index is 3.44. The lowest BCUT2D eigenvalue weighted by atomic mass is 10.0. The van der Waals surface area contributed by atoms with Crippen molar-refractivity contribution in [2.45, 2.75) is 77.0 Å². The quantitative estimate of drug-likeness (QED) is 0.185. The van der Waals surface area contributed by atoms with Crippen molar-refractivity contribution < 1.29 is 0 Å². The zero-order valence-electron chi connectivity index (χ0n) is 13.8. The Balaban J connectivity index is 0.000000240. The summed E-state index contributed by atoms with van der Waals surface area (Å²) in [5, 5.41) is 0. The second-order valence-electron chi connectivity index (χ2n) is 6.13. The van der Waals surface area contributed by atoms with E-state index >= 15 is 0 Å². The molecular formula is C18H24Br6. The molecule has 0 heterocycles. The van der Waals surface area contributed by atoms with Crippen LogP contribution in [0.25, 0.3) is 0 Å². The second kappa shape index (κ2) is 14.1.